The molecular formula is C11H23NO2. The van der Waals surface area contributed by atoms with Gasteiger partial charge in [0.25, 0.3) is 0 Å². The summed E-state index contributed by atoms with van der Waals surface area (Å²) in [7, 11) is 0. The van der Waals surface area contributed by atoms with Crippen LogP contribution in [-0.2, 0) is 9.53 Å². The zero-order valence-corrected chi connectivity index (χ0v) is 9.64. The number of hydrogen-bond donors (Lipinski definition) is 1. The van der Waals surface area contributed by atoms with Gasteiger partial charge in [-0.2, -0.15) is 0 Å². The Morgan fingerprint density at radius 1 is 1.29 bits per heavy atom. The lowest BCUT2D eigenvalue weighted by molar-refractivity contribution is -0.124. The van der Waals surface area contributed by atoms with E-state index in [1.54, 1.807) is 0 Å². The minimum Gasteiger partial charge on any atom is -0.375 e. The molecule has 14 heavy (non-hydrogen) atoms. The summed E-state index contributed by atoms with van der Waals surface area (Å²) < 4.78 is 5.59. The van der Waals surface area contributed by atoms with E-state index in [4.69, 9.17) is 10.5 Å². The fraction of sp³-hybridized carbons (Fsp3) is 0.909. The van der Waals surface area contributed by atoms with Crippen LogP contribution in [0.5, 0.6) is 0 Å². The van der Waals surface area contributed by atoms with Crippen molar-refractivity contribution in [3.05, 3.63) is 0 Å². The van der Waals surface area contributed by atoms with Crippen LogP contribution in [0.3, 0.4) is 0 Å². The highest BCUT2D eigenvalue weighted by atomic mass is 16.5. The molecule has 3 nitrogen and oxygen atoms in total. The Hall–Kier alpha value is -0.570. The third kappa shape index (κ3) is 8.05. The standard InChI is InChI=1S/C11H23NO2/c1-4-5-6-7-8-14-11(2,3)9-10(12)13/h4-9H2,1-3H3,(H2,12,13). The Morgan fingerprint density at radius 3 is 2.43 bits per heavy atom. The second kappa shape index (κ2) is 6.82. The number of unbranched alkanes of at least 4 members (excludes halogenated alkanes) is 3. The Morgan fingerprint density at radius 2 is 1.93 bits per heavy atom. The van der Waals surface area contributed by atoms with Crippen molar-refractivity contribution >= 4 is 5.91 Å². The predicted molar refractivity (Wildman–Crippen MR) is 58.0 cm³/mol. The first-order chi connectivity index (χ1) is 6.48. The summed E-state index contributed by atoms with van der Waals surface area (Å²) in [5.74, 6) is -0.302. The van der Waals surface area contributed by atoms with Crippen LogP contribution in [0.2, 0.25) is 0 Å². The molecule has 0 rings (SSSR count). The third-order valence-corrected chi connectivity index (χ3v) is 2.09. The van der Waals surface area contributed by atoms with E-state index in [2.05, 4.69) is 6.92 Å². The van der Waals surface area contributed by atoms with Gasteiger partial charge in [0.05, 0.1) is 12.0 Å². The van der Waals surface area contributed by atoms with Gasteiger partial charge in [-0.1, -0.05) is 26.2 Å². The number of primary amides is 1. The summed E-state index contributed by atoms with van der Waals surface area (Å²) in [6.07, 6.45) is 5.03. The van der Waals surface area contributed by atoms with Gasteiger partial charge in [0.1, 0.15) is 0 Å². The molecule has 0 unspecified atom stereocenters. The van der Waals surface area contributed by atoms with Gasteiger partial charge < -0.3 is 10.5 Å². The maximum Gasteiger partial charge on any atom is 0.220 e. The summed E-state index contributed by atoms with van der Waals surface area (Å²) in [4.78, 5) is 10.7. The van der Waals surface area contributed by atoms with Crippen LogP contribution in [0.4, 0.5) is 0 Å². The normalized spacial score (nSPS) is 11.6. The molecule has 0 bridgehead atoms. The van der Waals surface area contributed by atoms with E-state index in [1.165, 1.54) is 19.3 Å². The van der Waals surface area contributed by atoms with Gasteiger partial charge in [-0.3, -0.25) is 4.79 Å². The first-order valence-electron chi connectivity index (χ1n) is 5.40. The van der Waals surface area contributed by atoms with Crippen LogP contribution < -0.4 is 5.73 Å². The van der Waals surface area contributed by atoms with E-state index < -0.39 is 5.60 Å². The first kappa shape index (κ1) is 13.4. The van der Waals surface area contributed by atoms with Crippen molar-refractivity contribution in [3.8, 4) is 0 Å². The molecule has 2 N–H and O–H groups in total. The predicted octanol–water partition coefficient (Wildman–Crippen LogP) is 2.24. The largest absolute Gasteiger partial charge is 0.375 e. The number of hydrogen-bond acceptors (Lipinski definition) is 2. The van der Waals surface area contributed by atoms with Crippen molar-refractivity contribution in [3.63, 3.8) is 0 Å². The lowest BCUT2D eigenvalue weighted by atomic mass is 10.1. The maximum atomic E-state index is 10.7. The molecule has 84 valence electrons. The number of ether oxygens (including phenoxy) is 1. The topological polar surface area (TPSA) is 52.3 Å². The van der Waals surface area contributed by atoms with E-state index in [0.717, 1.165) is 13.0 Å². The number of rotatable bonds is 8. The SMILES string of the molecule is CCCCCCOC(C)(C)CC(N)=O. The number of amides is 1. The first-order valence-corrected chi connectivity index (χ1v) is 5.40. The van der Waals surface area contributed by atoms with E-state index in [1.807, 2.05) is 13.8 Å². The summed E-state index contributed by atoms with van der Waals surface area (Å²) in [6, 6.07) is 0. The molecule has 0 aromatic rings. The molecule has 0 radical (unpaired) electrons. The van der Waals surface area contributed by atoms with Crippen LogP contribution in [0.25, 0.3) is 0 Å². The molecule has 0 saturated heterocycles. The van der Waals surface area contributed by atoms with Gasteiger partial charge in [0.2, 0.25) is 5.91 Å². The van der Waals surface area contributed by atoms with Gasteiger partial charge in [0, 0.05) is 6.61 Å². The Kier molecular flexibility index (Phi) is 6.54. The molecule has 0 spiro atoms. The highest BCUT2D eigenvalue weighted by Gasteiger charge is 2.20. The summed E-state index contributed by atoms with van der Waals surface area (Å²) in [6.45, 7) is 6.70. The van der Waals surface area contributed by atoms with Crippen LogP contribution in [0, 0.1) is 0 Å². The van der Waals surface area contributed by atoms with Gasteiger partial charge >= 0.3 is 0 Å². The van der Waals surface area contributed by atoms with Crippen molar-refractivity contribution in [1.82, 2.24) is 0 Å². The fourth-order valence-corrected chi connectivity index (χ4v) is 1.35. The lowest BCUT2D eigenvalue weighted by Gasteiger charge is -2.23. The number of carbonyl (C=O) groups excluding carboxylic acids is 1. The molecule has 0 fully saturated rings. The molecular weight excluding hydrogens is 178 g/mol. The average Bonchev–Trinajstić information content (AvgIpc) is 2.01. The molecule has 0 aliphatic heterocycles. The zero-order valence-electron chi connectivity index (χ0n) is 9.64. The Labute approximate surface area is 87.0 Å². The molecule has 0 aromatic carbocycles. The van der Waals surface area contributed by atoms with Crippen LogP contribution >= 0.6 is 0 Å². The zero-order chi connectivity index (χ0) is 11.0. The molecule has 0 aromatic heterocycles. The van der Waals surface area contributed by atoms with E-state index in [-0.39, 0.29) is 5.91 Å². The van der Waals surface area contributed by atoms with Gasteiger partial charge in [-0.15, -0.1) is 0 Å². The molecule has 0 aliphatic carbocycles. The van der Waals surface area contributed by atoms with Gasteiger partial charge in [0.15, 0.2) is 0 Å². The van der Waals surface area contributed by atoms with Crippen LogP contribution in [-0.4, -0.2) is 18.1 Å². The fourth-order valence-electron chi connectivity index (χ4n) is 1.35. The summed E-state index contributed by atoms with van der Waals surface area (Å²) in [5, 5.41) is 0. The third-order valence-electron chi connectivity index (χ3n) is 2.09. The summed E-state index contributed by atoms with van der Waals surface area (Å²) in [5.41, 5.74) is 4.71. The molecule has 0 saturated carbocycles. The highest BCUT2D eigenvalue weighted by Crippen LogP contribution is 2.14. The van der Waals surface area contributed by atoms with Crippen molar-refractivity contribution in [2.75, 3.05) is 6.61 Å². The number of nitrogens with two attached hydrogens (primary N) is 1. The van der Waals surface area contributed by atoms with Gasteiger partial charge in [-0.25, -0.2) is 0 Å². The van der Waals surface area contributed by atoms with Crippen molar-refractivity contribution in [2.24, 2.45) is 5.73 Å². The van der Waals surface area contributed by atoms with E-state index in [0.29, 0.717) is 6.42 Å². The second-order valence-electron chi connectivity index (χ2n) is 4.31. The van der Waals surface area contributed by atoms with Crippen LogP contribution in [0.1, 0.15) is 52.9 Å². The highest BCUT2D eigenvalue weighted by molar-refractivity contribution is 5.74. The second-order valence-corrected chi connectivity index (χ2v) is 4.31. The monoisotopic (exact) mass is 201 g/mol. The quantitative estimate of drug-likeness (QED) is 0.612. The van der Waals surface area contributed by atoms with Crippen molar-refractivity contribution in [1.29, 1.82) is 0 Å². The van der Waals surface area contributed by atoms with Crippen LogP contribution in [0.15, 0.2) is 0 Å². The van der Waals surface area contributed by atoms with Crippen molar-refractivity contribution in [2.45, 2.75) is 58.5 Å². The smallest absolute Gasteiger partial charge is 0.220 e. The Balaban J connectivity index is 3.50. The van der Waals surface area contributed by atoms with E-state index in [9.17, 15) is 4.79 Å². The Bertz CT molecular complexity index is 167. The minimum absolute atomic E-state index is 0.292. The average molecular weight is 201 g/mol. The minimum atomic E-state index is -0.405. The van der Waals surface area contributed by atoms with Gasteiger partial charge in [-0.05, 0) is 20.3 Å². The number of carbonyl (C=O) groups is 1. The maximum absolute atomic E-state index is 10.7. The summed E-state index contributed by atoms with van der Waals surface area (Å²) >= 11 is 0. The molecule has 1 amide bonds. The van der Waals surface area contributed by atoms with Crippen molar-refractivity contribution < 1.29 is 9.53 Å². The van der Waals surface area contributed by atoms with E-state index >= 15 is 0 Å². The molecule has 0 atom stereocenters. The lowest BCUT2D eigenvalue weighted by Crippen LogP contribution is -2.31. The molecule has 3 heteroatoms. The molecule has 0 heterocycles. The molecule has 0 aliphatic rings.